The molecule has 8 nitrogen and oxygen atoms in total. The predicted molar refractivity (Wildman–Crippen MR) is 127 cm³/mol. The molecule has 172 valence electrons. The van der Waals surface area contributed by atoms with E-state index in [0.717, 1.165) is 4.70 Å². The highest BCUT2D eigenvalue weighted by atomic mass is 32.1. The Morgan fingerprint density at radius 1 is 1.18 bits per heavy atom. The molecule has 0 aliphatic carbocycles. The van der Waals surface area contributed by atoms with Crippen LogP contribution in [0.3, 0.4) is 0 Å². The Morgan fingerprint density at radius 2 is 1.94 bits per heavy atom. The number of hydrogen-bond donors (Lipinski definition) is 1. The number of benzene rings is 2. The molecule has 2 aromatic carbocycles. The molecule has 9 heteroatoms. The smallest absolute Gasteiger partial charge is 0.296 e. The molecule has 1 aliphatic rings. The van der Waals surface area contributed by atoms with Crippen molar-refractivity contribution in [2.24, 2.45) is 0 Å². The molecule has 0 saturated carbocycles. The number of ether oxygens (including phenoxy) is 2. The van der Waals surface area contributed by atoms with Gasteiger partial charge in [-0.25, -0.2) is 4.98 Å². The van der Waals surface area contributed by atoms with Crippen molar-refractivity contribution < 1.29 is 28.6 Å². The van der Waals surface area contributed by atoms with Crippen LogP contribution < -0.4 is 14.4 Å². The molecular formula is C25H20N2O6S. The first-order valence-electron chi connectivity index (χ1n) is 10.5. The molecule has 0 radical (unpaired) electrons. The van der Waals surface area contributed by atoms with E-state index in [-0.39, 0.29) is 11.3 Å². The number of Topliss-reactive ketones (excluding diaryl/α,β-unsaturated/α-hetero) is 1. The van der Waals surface area contributed by atoms with Gasteiger partial charge in [-0.1, -0.05) is 23.5 Å². The maximum absolute atomic E-state index is 13.3. The fourth-order valence-corrected chi connectivity index (χ4v) is 4.95. The highest BCUT2D eigenvalue weighted by Gasteiger charge is 2.46. The molecule has 0 spiro atoms. The Labute approximate surface area is 198 Å². The van der Waals surface area contributed by atoms with Gasteiger partial charge in [0.15, 0.2) is 16.7 Å². The van der Waals surface area contributed by atoms with Crippen molar-refractivity contribution in [2.45, 2.75) is 13.0 Å². The van der Waals surface area contributed by atoms with Gasteiger partial charge >= 0.3 is 0 Å². The zero-order valence-electron chi connectivity index (χ0n) is 18.3. The average Bonchev–Trinajstić information content (AvgIpc) is 3.58. The predicted octanol–water partition coefficient (Wildman–Crippen LogP) is 5.08. The molecule has 1 amide bonds. The Balaban J connectivity index is 1.64. The van der Waals surface area contributed by atoms with E-state index >= 15 is 0 Å². The molecule has 0 saturated heterocycles. The maximum atomic E-state index is 13.3. The third-order valence-electron chi connectivity index (χ3n) is 5.49. The van der Waals surface area contributed by atoms with Crippen molar-refractivity contribution in [2.75, 3.05) is 18.6 Å². The van der Waals surface area contributed by atoms with Crippen LogP contribution in [0.15, 0.2) is 76.6 Å². The SMILES string of the molecule is CCOc1ccc2nc(N3C(=O)C(O)=C(C(=O)c4ccco4)C3c3ccc(OC)cc3)sc2c1. The number of nitrogens with zero attached hydrogens (tertiary/aromatic N) is 2. The van der Waals surface area contributed by atoms with Crippen LogP contribution in [0.2, 0.25) is 0 Å². The lowest BCUT2D eigenvalue weighted by atomic mass is 9.95. The van der Waals surface area contributed by atoms with Gasteiger partial charge in [-0.05, 0) is 55.0 Å². The molecule has 1 aliphatic heterocycles. The zero-order valence-corrected chi connectivity index (χ0v) is 19.2. The lowest BCUT2D eigenvalue weighted by molar-refractivity contribution is -0.117. The van der Waals surface area contributed by atoms with Gasteiger partial charge in [0, 0.05) is 0 Å². The minimum absolute atomic E-state index is 0.0281. The number of ketones is 1. The molecule has 1 N–H and O–H groups in total. The summed E-state index contributed by atoms with van der Waals surface area (Å²) in [7, 11) is 1.55. The molecule has 2 aromatic heterocycles. The molecule has 0 bridgehead atoms. The van der Waals surface area contributed by atoms with Crippen molar-refractivity contribution in [3.63, 3.8) is 0 Å². The molecule has 5 rings (SSSR count). The number of carbonyl (C=O) groups is 2. The van der Waals surface area contributed by atoms with Crippen molar-refractivity contribution in [3.8, 4) is 11.5 Å². The first-order valence-corrected chi connectivity index (χ1v) is 11.4. The van der Waals surface area contributed by atoms with Gasteiger partial charge in [0.25, 0.3) is 5.91 Å². The third kappa shape index (κ3) is 3.60. The van der Waals surface area contributed by atoms with Gasteiger partial charge in [-0.3, -0.25) is 14.5 Å². The fraction of sp³-hybridized carbons (Fsp3) is 0.160. The summed E-state index contributed by atoms with van der Waals surface area (Å²) < 4.78 is 16.9. The summed E-state index contributed by atoms with van der Waals surface area (Å²) in [6, 6.07) is 14.6. The fourth-order valence-electron chi connectivity index (χ4n) is 3.93. The average molecular weight is 477 g/mol. The summed E-state index contributed by atoms with van der Waals surface area (Å²) >= 11 is 1.27. The lowest BCUT2D eigenvalue weighted by Gasteiger charge is -2.24. The van der Waals surface area contributed by atoms with Gasteiger partial charge in [0.2, 0.25) is 5.78 Å². The number of anilines is 1. The minimum Gasteiger partial charge on any atom is -0.503 e. The highest BCUT2D eigenvalue weighted by molar-refractivity contribution is 7.22. The highest BCUT2D eigenvalue weighted by Crippen LogP contribution is 2.44. The van der Waals surface area contributed by atoms with Gasteiger partial charge in [-0.15, -0.1) is 0 Å². The number of carbonyl (C=O) groups excluding carboxylic acids is 2. The van der Waals surface area contributed by atoms with Crippen molar-refractivity contribution in [1.29, 1.82) is 0 Å². The summed E-state index contributed by atoms with van der Waals surface area (Å²) in [4.78, 5) is 32.5. The number of aromatic nitrogens is 1. The van der Waals surface area contributed by atoms with Crippen LogP contribution in [0.4, 0.5) is 5.13 Å². The second-order valence-electron chi connectivity index (χ2n) is 7.48. The quantitative estimate of drug-likeness (QED) is 0.371. The maximum Gasteiger partial charge on any atom is 0.296 e. The van der Waals surface area contributed by atoms with Crippen LogP contribution in [0.1, 0.15) is 29.1 Å². The van der Waals surface area contributed by atoms with E-state index in [2.05, 4.69) is 4.98 Å². The number of thiazole rings is 1. The third-order valence-corrected chi connectivity index (χ3v) is 6.51. The monoisotopic (exact) mass is 476 g/mol. The molecule has 4 aromatic rings. The number of aliphatic hydroxyl groups excluding tert-OH is 1. The van der Waals surface area contributed by atoms with Crippen LogP contribution in [0.5, 0.6) is 11.5 Å². The Hall–Kier alpha value is -4.11. The van der Waals surface area contributed by atoms with E-state index in [4.69, 9.17) is 13.9 Å². The second kappa shape index (κ2) is 8.68. The van der Waals surface area contributed by atoms with Gasteiger partial charge in [0.05, 0.1) is 41.8 Å². The van der Waals surface area contributed by atoms with E-state index in [1.807, 2.05) is 25.1 Å². The van der Waals surface area contributed by atoms with E-state index in [0.29, 0.717) is 34.3 Å². The standard InChI is InChI=1S/C25H20N2O6S/c1-3-32-16-10-11-17-19(13-16)34-25(26-17)27-21(14-6-8-15(31-2)9-7-14)20(23(29)24(27)30)22(28)18-5-4-12-33-18/h4-13,21,29H,3H2,1-2H3. The Morgan fingerprint density at radius 3 is 2.62 bits per heavy atom. The van der Waals surface area contributed by atoms with Crippen molar-refractivity contribution in [3.05, 3.63) is 83.5 Å². The normalized spacial score (nSPS) is 15.9. The first-order chi connectivity index (χ1) is 16.5. The van der Waals surface area contributed by atoms with Crippen LogP contribution in [0.25, 0.3) is 10.2 Å². The molecule has 3 heterocycles. The van der Waals surface area contributed by atoms with Crippen LogP contribution >= 0.6 is 11.3 Å². The summed E-state index contributed by atoms with van der Waals surface area (Å²) in [5.74, 6) is -0.565. The molecular weight excluding hydrogens is 456 g/mol. The van der Waals surface area contributed by atoms with Gasteiger partial charge < -0.3 is 19.0 Å². The summed E-state index contributed by atoms with van der Waals surface area (Å²) in [6.45, 7) is 2.42. The topological polar surface area (TPSA) is 102 Å². The van der Waals surface area contributed by atoms with E-state index in [9.17, 15) is 14.7 Å². The first kappa shape index (κ1) is 21.7. The van der Waals surface area contributed by atoms with E-state index in [1.165, 1.54) is 28.6 Å². The summed E-state index contributed by atoms with van der Waals surface area (Å²) in [5, 5.41) is 11.2. The number of rotatable bonds is 7. The largest absolute Gasteiger partial charge is 0.503 e. The van der Waals surface area contributed by atoms with Crippen molar-refractivity contribution >= 4 is 38.4 Å². The number of hydrogen-bond acceptors (Lipinski definition) is 8. The van der Waals surface area contributed by atoms with Crippen LogP contribution in [0, 0.1) is 0 Å². The summed E-state index contributed by atoms with van der Waals surface area (Å²) in [6.07, 6.45) is 1.37. The van der Waals surface area contributed by atoms with Crippen LogP contribution in [-0.2, 0) is 4.79 Å². The van der Waals surface area contributed by atoms with E-state index < -0.39 is 23.5 Å². The molecule has 1 unspecified atom stereocenters. The number of amides is 1. The van der Waals surface area contributed by atoms with Gasteiger partial charge in [0.1, 0.15) is 11.5 Å². The van der Waals surface area contributed by atoms with Crippen LogP contribution in [-0.4, -0.2) is 35.5 Å². The van der Waals surface area contributed by atoms with Gasteiger partial charge in [-0.2, -0.15) is 0 Å². The van der Waals surface area contributed by atoms with E-state index in [1.54, 1.807) is 37.4 Å². The number of aliphatic hydroxyl groups is 1. The minimum atomic E-state index is -0.900. The number of fused-ring (bicyclic) bond motifs is 1. The summed E-state index contributed by atoms with van der Waals surface area (Å²) in [5.41, 5.74) is 1.22. The second-order valence-corrected chi connectivity index (χ2v) is 8.49. The zero-order chi connectivity index (χ0) is 23.8. The Kier molecular flexibility index (Phi) is 5.54. The number of methoxy groups -OCH3 is 1. The molecule has 34 heavy (non-hydrogen) atoms. The number of furan rings is 1. The lowest BCUT2D eigenvalue weighted by Crippen LogP contribution is -2.30. The molecule has 0 fully saturated rings. The Bertz CT molecular complexity index is 1410. The molecule has 1 atom stereocenters. The van der Waals surface area contributed by atoms with Crippen molar-refractivity contribution in [1.82, 2.24) is 4.98 Å².